The minimum atomic E-state index is 0.0422. The van der Waals surface area contributed by atoms with E-state index in [1.807, 2.05) is 46.1 Å². The maximum atomic E-state index is 13.7. The predicted molar refractivity (Wildman–Crippen MR) is 137 cm³/mol. The zero-order chi connectivity index (χ0) is 23.6. The van der Waals surface area contributed by atoms with Gasteiger partial charge in [0, 0.05) is 54.3 Å². The van der Waals surface area contributed by atoms with Crippen molar-refractivity contribution in [2.45, 2.75) is 25.3 Å². The first kappa shape index (κ1) is 21.4. The fourth-order valence-electron chi connectivity index (χ4n) is 5.14. The molecule has 0 saturated carbocycles. The van der Waals surface area contributed by atoms with Gasteiger partial charge in [-0.25, -0.2) is 0 Å². The molecule has 0 atom stereocenters. The zero-order valence-electron chi connectivity index (χ0n) is 19.5. The van der Waals surface area contributed by atoms with Crippen LogP contribution in [0.1, 0.15) is 40.2 Å². The number of aromatic nitrogens is 4. The molecule has 0 unspecified atom stereocenters. The second-order valence-electron chi connectivity index (χ2n) is 9.17. The third kappa shape index (κ3) is 4.23. The molecular weight excluding hydrogens is 434 g/mol. The molecule has 4 heterocycles. The number of aromatic amines is 1. The molecule has 35 heavy (non-hydrogen) atoms. The van der Waals surface area contributed by atoms with E-state index in [0.29, 0.717) is 23.7 Å². The molecule has 0 bridgehead atoms. The summed E-state index contributed by atoms with van der Waals surface area (Å²) < 4.78 is 1.86. The van der Waals surface area contributed by atoms with Crippen LogP contribution in [0.25, 0.3) is 22.2 Å². The lowest BCUT2D eigenvalue weighted by Crippen LogP contribution is -2.38. The van der Waals surface area contributed by atoms with Gasteiger partial charge in [0.25, 0.3) is 5.91 Å². The van der Waals surface area contributed by atoms with Crippen molar-refractivity contribution in [3.63, 3.8) is 0 Å². The first-order valence-corrected chi connectivity index (χ1v) is 12.1. The minimum absolute atomic E-state index is 0.0422. The molecule has 6 rings (SSSR count). The van der Waals surface area contributed by atoms with Gasteiger partial charge < -0.3 is 9.88 Å². The predicted octanol–water partition coefficient (Wildman–Crippen LogP) is 5.49. The lowest BCUT2D eigenvalue weighted by Gasteiger charge is -2.32. The normalized spacial score (nSPS) is 14.5. The van der Waals surface area contributed by atoms with E-state index < -0.39 is 0 Å². The number of fused-ring (bicyclic) bond motifs is 1. The summed E-state index contributed by atoms with van der Waals surface area (Å²) >= 11 is 0. The first-order valence-electron chi connectivity index (χ1n) is 12.1. The lowest BCUT2D eigenvalue weighted by atomic mass is 9.89. The van der Waals surface area contributed by atoms with Crippen LogP contribution in [0.5, 0.6) is 0 Å². The van der Waals surface area contributed by atoms with Crippen LogP contribution in [-0.4, -0.2) is 43.6 Å². The number of rotatable bonds is 5. The molecule has 0 radical (unpaired) electrons. The van der Waals surface area contributed by atoms with E-state index in [2.05, 4.69) is 52.6 Å². The standard InChI is InChI=1S/C29H27N5O/c35-29(33-15-12-22(13-16-33)25-18-31-27-11-5-4-10-24(25)27)26-20-34(19-21-7-2-1-3-8-21)32-28(26)23-9-6-14-30-17-23/h1-11,14,17-18,20,22,31H,12-13,15-16,19H2. The van der Waals surface area contributed by atoms with E-state index in [1.165, 1.54) is 16.5 Å². The molecule has 1 aliphatic rings. The number of para-hydroxylation sites is 1. The van der Waals surface area contributed by atoms with Crippen LogP contribution in [0.3, 0.4) is 0 Å². The second-order valence-corrected chi connectivity index (χ2v) is 9.17. The Hall–Kier alpha value is -4.19. The van der Waals surface area contributed by atoms with Crippen molar-refractivity contribution < 1.29 is 4.79 Å². The van der Waals surface area contributed by atoms with Crippen molar-refractivity contribution >= 4 is 16.8 Å². The molecule has 1 saturated heterocycles. The van der Waals surface area contributed by atoms with Crippen molar-refractivity contribution in [3.8, 4) is 11.3 Å². The monoisotopic (exact) mass is 461 g/mol. The summed E-state index contributed by atoms with van der Waals surface area (Å²) in [6.45, 7) is 2.09. The fraction of sp³-hybridized carbons (Fsp3) is 0.207. The van der Waals surface area contributed by atoms with Gasteiger partial charge in [0.15, 0.2) is 0 Å². The van der Waals surface area contributed by atoms with Crippen LogP contribution in [0.2, 0.25) is 0 Å². The van der Waals surface area contributed by atoms with Gasteiger partial charge in [-0.15, -0.1) is 0 Å². The molecule has 6 heteroatoms. The van der Waals surface area contributed by atoms with Crippen LogP contribution < -0.4 is 0 Å². The molecule has 3 aromatic heterocycles. The minimum Gasteiger partial charge on any atom is -0.361 e. The van der Waals surface area contributed by atoms with E-state index in [-0.39, 0.29) is 5.91 Å². The van der Waals surface area contributed by atoms with E-state index in [0.717, 1.165) is 37.1 Å². The van der Waals surface area contributed by atoms with E-state index in [9.17, 15) is 4.79 Å². The lowest BCUT2D eigenvalue weighted by molar-refractivity contribution is 0.0714. The van der Waals surface area contributed by atoms with Crippen LogP contribution in [0.4, 0.5) is 0 Å². The van der Waals surface area contributed by atoms with Crippen LogP contribution in [-0.2, 0) is 6.54 Å². The Balaban J connectivity index is 1.24. The summed E-state index contributed by atoms with van der Waals surface area (Å²) in [6, 6.07) is 22.5. The Morgan fingerprint density at radius 2 is 1.77 bits per heavy atom. The molecule has 1 aliphatic heterocycles. The molecule has 5 aromatic rings. The van der Waals surface area contributed by atoms with Crippen LogP contribution in [0.15, 0.2) is 91.5 Å². The summed E-state index contributed by atoms with van der Waals surface area (Å²) in [4.78, 5) is 23.3. The molecule has 6 nitrogen and oxygen atoms in total. The molecule has 1 fully saturated rings. The zero-order valence-corrected chi connectivity index (χ0v) is 19.5. The third-order valence-corrected chi connectivity index (χ3v) is 6.96. The number of piperidine rings is 1. The summed E-state index contributed by atoms with van der Waals surface area (Å²) in [6.07, 6.45) is 9.45. The number of hydrogen-bond donors (Lipinski definition) is 1. The number of amides is 1. The van der Waals surface area contributed by atoms with Crippen LogP contribution in [0, 0.1) is 0 Å². The summed E-state index contributed by atoms with van der Waals surface area (Å²) in [5, 5.41) is 6.10. The van der Waals surface area contributed by atoms with Crippen molar-refractivity contribution in [3.05, 3.63) is 108 Å². The highest BCUT2D eigenvalue weighted by Crippen LogP contribution is 2.34. The Morgan fingerprint density at radius 3 is 2.57 bits per heavy atom. The van der Waals surface area contributed by atoms with Crippen molar-refractivity contribution in [1.29, 1.82) is 0 Å². The number of carbonyl (C=O) groups excluding carboxylic acids is 1. The maximum absolute atomic E-state index is 13.7. The van der Waals surface area contributed by atoms with Gasteiger partial charge >= 0.3 is 0 Å². The molecule has 174 valence electrons. The summed E-state index contributed by atoms with van der Waals surface area (Å²) in [7, 11) is 0. The largest absolute Gasteiger partial charge is 0.361 e. The van der Waals surface area contributed by atoms with Gasteiger partial charge in [-0.05, 0) is 48.1 Å². The molecule has 2 aromatic carbocycles. The van der Waals surface area contributed by atoms with Crippen LogP contribution >= 0.6 is 0 Å². The highest BCUT2D eigenvalue weighted by molar-refractivity contribution is 5.99. The number of nitrogens with one attached hydrogen (secondary N) is 1. The average Bonchev–Trinajstić information content (AvgIpc) is 3.54. The third-order valence-electron chi connectivity index (χ3n) is 6.96. The SMILES string of the molecule is O=C(c1cn(Cc2ccccc2)nc1-c1cccnc1)N1CCC(c2c[nH]c3ccccc23)CC1. The van der Waals surface area contributed by atoms with Gasteiger partial charge in [0.2, 0.25) is 0 Å². The smallest absolute Gasteiger partial charge is 0.257 e. The Labute approximate surface area is 204 Å². The number of benzene rings is 2. The summed E-state index contributed by atoms with van der Waals surface area (Å²) in [5.41, 5.74) is 5.87. The fourth-order valence-corrected chi connectivity index (χ4v) is 5.14. The molecular formula is C29H27N5O. The summed E-state index contributed by atoms with van der Waals surface area (Å²) in [5.74, 6) is 0.495. The Kier molecular flexibility index (Phi) is 5.62. The van der Waals surface area contributed by atoms with E-state index in [1.54, 1.807) is 12.4 Å². The maximum Gasteiger partial charge on any atom is 0.257 e. The van der Waals surface area contributed by atoms with Gasteiger partial charge in [0.1, 0.15) is 5.69 Å². The number of H-pyrrole nitrogens is 1. The van der Waals surface area contributed by atoms with E-state index >= 15 is 0 Å². The topological polar surface area (TPSA) is 66.8 Å². The molecule has 0 aliphatic carbocycles. The van der Waals surface area contributed by atoms with Crippen molar-refractivity contribution in [2.24, 2.45) is 0 Å². The molecule has 0 spiro atoms. The van der Waals surface area contributed by atoms with E-state index in [4.69, 9.17) is 5.10 Å². The second kappa shape index (κ2) is 9.22. The average molecular weight is 462 g/mol. The number of likely N-dealkylation sites (tertiary alicyclic amines) is 1. The van der Waals surface area contributed by atoms with Gasteiger partial charge in [-0.1, -0.05) is 48.5 Å². The number of hydrogen-bond acceptors (Lipinski definition) is 3. The van der Waals surface area contributed by atoms with Crippen molar-refractivity contribution in [2.75, 3.05) is 13.1 Å². The Morgan fingerprint density at radius 1 is 0.971 bits per heavy atom. The van der Waals surface area contributed by atoms with Gasteiger partial charge in [-0.3, -0.25) is 14.5 Å². The highest BCUT2D eigenvalue weighted by Gasteiger charge is 2.29. The Bertz CT molecular complexity index is 1450. The van der Waals surface area contributed by atoms with Crippen molar-refractivity contribution in [1.82, 2.24) is 24.6 Å². The number of nitrogens with zero attached hydrogens (tertiary/aromatic N) is 4. The number of pyridine rings is 1. The van der Waals surface area contributed by atoms with Gasteiger partial charge in [0.05, 0.1) is 12.1 Å². The highest BCUT2D eigenvalue weighted by atomic mass is 16.2. The first-order chi connectivity index (χ1) is 17.3. The number of carbonyl (C=O) groups is 1. The quantitative estimate of drug-likeness (QED) is 0.376. The molecule has 1 amide bonds. The van der Waals surface area contributed by atoms with Gasteiger partial charge in [-0.2, -0.15) is 5.10 Å². The molecule has 1 N–H and O–H groups in total.